The quantitative estimate of drug-likeness (QED) is 0.612. The van der Waals surface area contributed by atoms with E-state index in [0.29, 0.717) is 0 Å². The zero-order valence-electron chi connectivity index (χ0n) is 7.46. The molecule has 3 nitrogen and oxygen atoms in total. The lowest BCUT2D eigenvalue weighted by molar-refractivity contribution is -0.135. The maximum atomic E-state index is 10.6. The minimum atomic E-state index is -1.25. The van der Waals surface area contributed by atoms with Crippen molar-refractivity contribution < 1.29 is 15.0 Å². The summed E-state index contributed by atoms with van der Waals surface area (Å²) in [6.07, 6.45) is -2.24. The molecule has 0 amide bonds. The second-order valence-electron chi connectivity index (χ2n) is 3.87. The topological polar surface area (TPSA) is 57.5 Å². The van der Waals surface area contributed by atoms with E-state index in [1.165, 1.54) is 6.92 Å². The third-order valence-electron chi connectivity index (χ3n) is 1.60. The molecule has 0 heterocycles. The molecule has 0 rings (SSSR count). The Morgan fingerprint density at radius 3 is 1.73 bits per heavy atom. The molecule has 11 heavy (non-hydrogen) atoms. The van der Waals surface area contributed by atoms with Crippen molar-refractivity contribution in [3.05, 3.63) is 0 Å². The van der Waals surface area contributed by atoms with Gasteiger partial charge < -0.3 is 10.2 Å². The number of aliphatic hydroxyl groups is 2. The van der Waals surface area contributed by atoms with Crippen LogP contribution in [0.3, 0.4) is 0 Å². The molecular formula is C8H16O3. The summed E-state index contributed by atoms with van der Waals surface area (Å²) in [6, 6.07) is 0. The van der Waals surface area contributed by atoms with Gasteiger partial charge in [0.15, 0.2) is 5.78 Å². The minimum absolute atomic E-state index is 0.396. The highest BCUT2D eigenvalue weighted by atomic mass is 16.3. The van der Waals surface area contributed by atoms with Gasteiger partial charge in [-0.2, -0.15) is 0 Å². The van der Waals surface area contributed by atoms with Gasteiger partial charge in [-0.1, -0.05) is 20.8 Å². The Balaban J connectivity index is 4.25. The molecular weight excluding hydrogens is 144 g/mol. The monoisotopic (exact) mass is 160 g/mol. The second kappa shape index (κ2) is 3.32. The van der Waals surface area contributed by atoms with Crippen molar-refractivity contribution in [3.63, 3.8) is 0 Å². The largest absolute Gasteiger partial charge is 0.389 e. The molecule has 66 valence electrons. The van der Waals surface area contributed by atoms with Gasteiger partial charge in [-0.3, -0.25) is 4.79 Å². The van der Waals surface area contributed by atoms with E-state index in [4.69, 9.17) is 5.11 Å². The van der Waals surface area contributed by atoms with Crippen LogP contribution in [0.5, 0.6) is 0 Å². The zero-order valence-corrected chi connectivity index (χ0v) is 7.46. The predicted molar refractivity (Wildman–Crippen MR) is 42.1 cm³/mol. The van der Waals surface area contributed by atoms with E-state index in [9.17, 15) is 9.90 Å². The number of Topliss-reactive ketones (excluding diaryl/α,β-unsaturated/α-hetero) is 1. The summed E-state index contributed by atoms with van der Waals surface area (Å²) in [5.41, 5.74) is -0.453. The molecule has 0 bridgehead atoms. The van der Waals surface area contributed by atoms with Gasteiger partial charge in [0.1, 0.15) is 6.10 Å². The minimum Gasteiger partial charge on any atom is -0.389 e. The van der Waals surface area contributed by atoms with Gasteiger partial charge in [0.25, 0.3) is 0 Å². The molecule has 0 saturated carbocycles. The molecule has 0 aromatic rings. The van der Waals surface area contributed by atoms with Crippen LogP contribution in [0.25, 0.3) is 0 Å². The van der Waals surface area contributed by atoms with E-state index in [1.807, 2.05) is 0 Å². The van der Waals surface area contributed by atoms with Gasteiger partial charge in [0.05, 0.1) is 6.10 Å². The third kappa shape index (κ3) is 2.99. The summed E-state index contributed by atoms with van der Waals surface area (Å²) in [5.74, 6) is -0.396. The summed E-state index contributed by atoms with van der Waals surface area (Å²) in [5, 5.41) is 18.5. The van der Waals surface area contributed by atoms with Crippen LogP contribution < -0.4 is 0 Å². The van der Waals surface area contributed by atoms with Gasteiger partial charge in [0, 0.05) is 0 Å². The van der Waals surface area contributed by atoms with Crippen molar-refractivity contribution >= 4 is 5.78 Å². The Morgan fingerprint density at radius 2 is 1.64 bits per heavy atom. The molecule has 0 fully saturated rings. The SMILES string of the molecule is CC(=O)[C@@H](O)[C@H](O)C(C)(C)C. The Kier molecular flexibility index (Phi) is 3.20. The van der Waals surface area contributed by atoms with Crippen LogP contribution in [0.2, 0.25) is 0 Å². The van der Waals surface area contributed by atoms with Gasteiger partial charge in [-0.25, -0.2) is 0 Å². The standard InChI is InChI=1S/C8H16O3/c1-5(9)6(10)7(11)8(2,3)4/h6-7,10-11H,1-4H3/t6-,7+/m1/s1. The van der Waals surface area contributed by atoms with Crippen molar-refractivity contribution in [3.8, 4) is 0 Å². The van der Waals surface area contributed by atoms with Crippen LogP contribution in [0, 0.1) is 5.41 Å². The lowest BCUT2D eigenvalue weighted by atomic mass is 9.85. The summed E-state index contributed by atoms with van der Waals surface area (Å²) >= 11 is 0. The van der Waals surface area contributed by atoms with Crippen molar-refractivity contribution in [2.75, 3.05) is 0 Å². The molecule has 0 spiro atoms. The lowest BCUT2D eigenvalue weighted by Crippen LogP contribution is -2.41. The molecule has 3 heteroatoms. The van der Waals surface area contributed by atoms with E-state index in [0.717, 1.165) is 0 Å². The molecule has 0 radical (unpaired) electrons. The molecule has 2 N–H and O–H groups in total. The van der Waals surface area contributed by atoms with E-state index in [1.54, 1.807) is 20.8 Å². The smallest absolute Gasteiger partial charge is 0.160 e. The Labute approximate surface area is 67.0 Å². The third-order valence-corrected chi connectivity index (χ3v) is 1.60. The molecule has 0 unspecified atom stereocenters. The fourth-order valence-corrected chi connectivity index (χ4v) is 0.696. The number of ketones is 1. The molecule has 0 aromatic carbocycles. The Bertz CT molecular complexity index is 146. The number of carbonyl (C=O) groups excluding carboxylic acids is 1. The van der Waals surface area contributed by atoms with Gasteiger partial charge in [-0.05, 0) is 12.3 Å². The molecule has 0 aromatic heterocycles. The van der Waals surface area contributed by atoms with E-state index in [2.05, 4.69) is 0 Å². The molecule has 0 aliphatic rings. The van der Waals surface area contributed by atoms with Crippen molar-refractivity contribution in [2.24, 2.45) is 5.41 Å². The number of carbonyl (C=O) groups is 1. The zero-order chi connectivity index (χ0) is 9.23. The van der Waals surface area contributed by atoms with Crippen LogP contribution in [0.15, 0.2) is 0 Å². The van der Waals surface area contributed by atoms with Crippen LogP contribution in [0.4, 0.5) is 0 Å². The first kappa shape index (κ1) is 10.6. The first-order valence-electron chi connectivity index (χ1n) is 3.63. The average Bonchev–Trinajstić information content (AvgIpc) is 1.82. The van der Waals surface area contributed by atoms with E-state index < -0.39 is 23.4 Å². The number of rotatable bonds is 2. The molecule has 0 aliphatic heterocycles. The first-order valence-corrected chi connectivity index (χ1v) is 3.63. The molecule has 2 atom stereocenters. The molecule has 0 saturated heterocycles. The van der Waals surface area contributed by atoms with Gasteiger partial charge in [-0.15, -0.1) is 0 Å². The number of aliphatic hydroxyl groups excluding tert-OH is 2. The fourth-order valence-electron chi connectivity index (χ4n) is 0.696. The van der Waals surface area contributed by atoms with Crippen molar-refractivity contribution in [1.29, 1.82) is 0 Å². The van der Waals surface area contributed by atoms with Gasteiger partial charge >= 0.3 is 0 Å². The Morgan fingerprint density at radius 1 is 1.27 bits per heavy atom. The van der Waals surface area contributed by atoms with E-state index in [-0.39, 0.29) is 0 Å². The van der Waals surface area contributed by atoms with Crippen LogP contribution >= 0.6 is 0 Å². The van der Waals surface area contributed by atoms with Crippen molar-refractivity contribution in [1.82, 2.24) is 0 Å². The summed E-state index contributed by atoms with van der Waals surface area (Å²) in [7, 11) is 0. The first-order chi connectivity index (χ1) is 4.76. The van der Waals surface area contributed by atoms with Gasteiger partial charge in [0.2, 0.25) is 0 Å². The number of hydrogen-bond acceptors (Lipinski definition) is 3. The fraction of sp³-hybridized carbons (Fsp3) is 0.875. The van der Waals surface area contributed by atoms with Crippen molar-refractivity contribution in [2.45, 2.75) is 39.9 Å². The highest BCUT2D eigenvalue weighted by Gasteiger charge is 2.31. The van der Waals surface area contributed by atoms with Crippen LogP contribution in [-0.2, 0) is 4.79 Å². The predicted octanol–water partition coefficient (Wildman–Crippen LogP) is 0.343. The summed E-state index contributed by atoms with van der Waals surface area (Å²) in [4.78, 5) is 10.6. The highest BCUT2D eigenvalue weighted by Crippen LogP contribution is 2.21. The van der Waals surface area contributed by atoms with E-state index >= 15 is 0 Å². The second-order valence-corrected chi connectivity index (χ2v) is 3.87. The number of hydrogen-bond donors (Lipinski definition) is 2. The highest BCUT2D eigenvalue weighted by molar-refractivity contribution is 5.80. The van der Waals surface area contributed by atoms with Crippen LogP contribution in [0.1, 0.15) is 27.7 Å². The normalized spacial score (nSPS) is 17.6. The average molecular weight is 160 g/mol. The lowest BCUT2D eigenvalue weighted by Gasteiger charge is -2.28. The summed E-state index contributed by atoms with van der Waals surface area (Å²) in [6.45, 7) is 6.57. The Hall–Kier alpha value is -0.410. The maximum Gasteiger partial charge on any atom is 0.160 e. The molecule has 0 aliphatic carbocycles. The maximum absolute atomic E-state index is 10.6. The van der Waals surface area contributed by atoms with Crippen LogP contribution in [-0.4, -0.2) is 28.2 Å². The summed E-state index contributed by atoms with van der Waals surface area (Å²) < 4.78 is 0.